The van der Waals surface area contributed by atoms with Crippen LogP contribution in [0.4, 0.5) is 5.69 Å². The van der Waals surface area contributed by atoms with Gasteiger partial charge in [0.25, 0.3) is 0 Å². The topological polar surface area (TPSA) is 79.0 Å². The van der Waals surface area contributed by atoms with Crippen LogP contribution in [-0.4, -0.2) is 16.4 Å². The van der Waals surface area contributed by atoms with Crippen LogP contribution in [-0.2, 0) is 4.79 Å². The van der Waals surface area contributed by atoms with Gasteiger partial charge in [-0.05, 0) is 40.8 Å². The Morgan fingerprint density at radius 2 is 1.92 bits per heavy atom. The molecule has 1 aromatic heterocycles. The second-order valence-corrected chi connectivity index (χ2v) is 7.42. The van der Waals surface area contributed by atoms with E-state index in [1.165, 1.54) is 4.68 Å². The number of thioether (sulfide) groups is 1. The van der Waals surface area contributed by atoms with E-state index in [2.05, 4.69) is 10.6 Å². The molecule has 3 rings (SSSR count). The van der Waals surface area contributed by atoms with E-state index in [-0.39, 0.29) is 16.0 Å². The molecule has 6 nitrogen and oxygen atoms in total. The zero-order valence-corrected chi connectivity index (χ0v) is 15.9. The number of benzene rings is 2. The summed E-state index contributed by atoms with van der Waals surface area (Å²) in [7, 11) is 0. The molecule has 0 bridgehead atoms. The van der Waals surface area contributed by atoms with Crippen LogP contribution < -0.4 is 15.6 Å². The monoisotopic (exact) mass is 410 g/mol. The molecule has 0 saturated carbocycles. The number of carbonyl (C=O) groups is 1. The van der Waals surface area contributed by atoms with Crippen molar-refractivity contribution in [2.24, 2.45) is 0 Å². The van der Waals surface area contributed by atoms with Crippen molar-refractivity contribution in [2.75, 3.05) is 5.32 Å². The van der Waals surface area contributed by atoms with Gasteiger partial charge in [0.1, 0.15) is 0 Å². The van der Waals surface area contributed by atoms with Gasteiger partial charge in [-0.15, -0.1) is 0 Å². The molecule has 2 N–H and O–H groups in total. The van der Waals surface area contributed by atoms with Crippen molar-refractivity contribution in [3.05, 3.63) is 69.0 Å². The molecule has 9 heteroatoms. The van der Waals surface area contributed by atoms with E-state index in [0.29, 0.717) is 16.4 Å². The van der Waals surface area contributed by atoms with E-state index in [4.69, 9.17) is 27.7 Å². The molecular formula is C17H14Cl2N3O3S+. The smallest absolute Gasteiger partial charge is 0.324 e. The average molecular weight is 411 g/mol. The fourth-order valence-electron chi connectivity index (χ4n) is 2.17. The van der Waals surface area contributed by atoms with Gasteiger partial charge in [-0.3, -0.25) is 9.32 Å². The molecule has 1 heterocycles. The van der Waals surface area contributed by atoms with Crippen molar-refractivity contribution in [3.8, 4) is 5.69 Å². The second-order valence-electron chi connectivity index (χ2n) is 5.31. The molecule has 26 heavy (non-hydrogen) atoms. The Morgan fingerprint density at radius 1 is 1.19 bits per heavy atom. The van der Waals surface area contributed by atoms with Crippen LogP contribution in [0.25, 0.3) is 5.69 Å². The quantitative estimate of drug-likeness (QED) is 0.496. The lowest BCUT2D eigenvalue weighted by atomic mass is 10.3. The van der Waals surface area contributed by atoms with Gasteiger partial charge in [0.2, 0.25) is 11.6 Å². The lowest BCUT2D eigenvalue weighted by Gasteiger charge is -2.11. The highest BCUT2D eigenvalue weighted by molar-refractivity contribution is 8.00. The van der Waals surface area contributed by atoms with Crippen LogP contribution in [0.5, 0.6) is 0 Å². The Kier molecular flexibility index (Phi) is 5.70. The van der Waals surface area contributed by atoms with Crippen LogP contribution in [0.15, 0.2) is 62.9 Å². The zero-order chi connectivity index (χ0) is 18.7. The van der Waals surface area contributed by atoms with E-state index < -0.39 is 10.9 Å². The van der Waals surface area contributed by atoms with Crippen LogP contribution in [0.2, 0.25) is 10.0 Å². The number of hydrogen-bond donors (Lipinski definition) is 2. The summed E-state index contributed by atoms with van der Waals surface area (Å²) in [6, 6.07) is 14.1. The van der Waals surface area contributed by atoms with Gasteiger partial charge >= 0.3 is 10.7 Å². The first-order chi connectivity index (χ1) is 12.5. The van der Waals surface area contributed by atoms with Crippen molar-refractivity contribution < 1.29 is 14.0 Å². The van der Waals surface area contributed by atoms with Gasteiger partial charge in [0.05, 0.1) is 21.0 Å². The number of hydrogen-bond acceptors (Lipinski definition) is 4. The number of aromatic nitrogens is 2. The van der Waals surface area contributed by atoms with Gasteiger partial charge in [0, 0.05) is 12.1 Å². The first-order valence-corrected chi connectivity index (χ1v) is 9.21. The first-order valence-electron chi connectivity index (χ1n) is 7.58. The molecule has 0 saturated heterocycles. The van der Waals surface area contributed by atoms with Crippen molar-refractivity contribution in [1.29, 1.82) is 0 Å². The van der Waals surface area contributed by atoms with Crippen molar-refractivity contribution >= 4 is 46.6 Å². The molecular weight excluding hydrogens is 397 g/mol. The van der Waals surface area contributed by atoms with Crippen LogP contribution in [0.3, 0.4) is 0 Å². The molecule has 2 aromatic carbocycles. The van der Waals surface area contributed by atoms with Crippen LogP contribution >= 0.6 is 35.0 Å². The van der Waals surface area contributed by atoms with Gasteiger partial charge in [-0.25, -0.2) is 4.79 Å². The summed E-state index contributed by atoms with van der Waals surface area (Å²) < 4.78 is 6.36. The minimum Gasteiger partial charge on any atom is -0.324 e. The Bertz CT molecular complexity index is 988. The first kappa shape index (κ1) is 18.6. The summed E-state index contributed by atoms with van der Waals surface area (Å²) in [6.45, 7) is 1.68. The number of aromatic amines is 1. The van der Waals surface area contributed by atoms with E-state index in [1.807, 2.05) is 30.3 Å². The molecule has 0 aliphatic heterocycles. The highest BCUT2D eigenvalue weighted by Crippen LogP contribution is 2.30. The Hall–Kier alpha value is -2.22. The molecule has 1 unspecified atom stereocenters. The number of amides is 1. The number of rotatable bonds is 5. The molecule has 134 valence electrons. The second kappa shape index (κ2) is 7.99. The summed E-state index contributed by atoms with van der Waals surface area (Å²) in [5, 5.41) is 5.54. The number of para-hydroxylation sites is 1. The van der Waals surface area contributed by atoms with Gasteiger partial charge in [-0.2, -0.15) is 0 Å². The molecule has 0 fully saturated rings. The number of anilines is 1. The van der Waals surface area contributed by atoms with E-state index in [0.717, 1.165) is 11.8 Å². The Labute approximate surface area is 163 Å². The molecule has 1 atom stereocenters. The van der Waals surface area contributed by atoms with Crippen LogP contribution in [0.1, 0.15) is 6.92 Å². The third-order valence-corrected chi connectivity index (χ3v) is 5.45. The number of H-pyrrole nitrogens is 1. The van der Waals surface area contributed by atoms with E-state index >= 15 is 0 Å². The van der Waals surface area contributed by atoms with E-state index in [1.54, 1.807) is 25.1 Å². The molecule has 0 aliphatic rings. The average Bonchev–Trinajstić information content (AvgIpc) is 3.00. The summed E-state index contributed by atoms with van der Waals surface area (Å²) >= 11 is 13.1. The number of nitrogens with one attached hydrogen (secondary N) is 2. The highest BCUT2D eigenvalue weighted by Gasteiger charge is 2.29. The standard InChI is InChI=1S/C17H13Cl2N3O3S/c1-10(15(23)20-13-9-5-8-12(18)14(13)19)26-16-17(24)25-21-22(16)11-6-3-2-4-7-11/h2-10H,1H3,(H-,20,21,23,24)/p+1. The SMILES string of the molecule is CC(Sc1c(=O)o[nH][n+]1-c1ccccc1)C(=O)Nc1cccc(Cl)c1Cl. The predicted molar refractivity (Wildman–Crippen MR) is 101 cm³/mol. The Balaban J connectivity index is 1.79. The molecule has 0 radical (unpaired) electrons. The maximum Gasteiger partial charge on any atom is 0.442 e. The Morgan fingerprint density at radius 3 is 2.65 bits per heavy atom. The maximum absolute atomic E-state index is 12.5. The number of halogens is 2. The maximum atomic E-state index is 12.5. The lowest BCUT2D eigenvalue weighted by Crippen LogP contribution is -2.37. The van der Waals surface area contributed by atoms with Crippen molar-refractivity contribution in [2.45, 2.75) is 17.2 Å². The summed E-state index contributed by atoms with van der Waals surface area (Å²) in [5.74, 6) is -0.320. The zero-order valence-electron chi connectivity index (χ0n) is 13.5. The third kappa shape index (κ3) is 3.95. The fraction of sp³-hybridized carbons (Fsp3) is 0.118. The van der Waals surface area contributed by atoms with Crippen molar-refractivity contribution in [1.82, 2.24) is 5.27 Å². The molecule has 1 amide bonds. The lowest BCUT2D eigenvalue weighted by molar-refractivity contribution is -0.704. The normalized spacial score (nSPS) is 12.0. The van der Waals surface area contributed by atoms with Gasteiger partial charge in [-0.1, -0.05) is 47.5 Å². The summed E-state index contributed by atoms with van der Waals surface area (Å²) in [4.78, 5) is 24.5. The molecule has 0 aliphatic carbocycles. The van der Waals surface area contributed by atoms with Gasteiger partial charge < -0.3 is 5.32 Å². The minimum atomic E-state index is -0.585. The molecule has 3 aromatic rings. The summed E-state index contributed by atoms with van der Waals surface area (Å²) in [5.41, 5.74) is 0.569. The number of nitrogens with zero attached hydrogens (tertiary/aromatic N) is 1. The largest absolute Gasteiger partial charge is 0.442 e. The predicted octanol–water partition coefficient (Wildman–Crippen LogP) is 3.67. The fourth-order valence-corrected chi connectivity index (χ4v) is 3.40. The van der Waals surface area contributed by atoms with Crippen molar-refractivity contribution in [3.63, 3.8) is 0 Å². The minimum absolute atomic E-state index is 0.260. The molecule has 0 spiro atoms. The number of carbonyl (C=O) groups excluding carboxylic acids is 1. The van der Waals surface area contributed by atoms with Gasteiger partial charge in [0.15, 0.2) is 0 Å². The van der Waals surface area contributed by atoms with Crippen LogP contribution in [0, 0.1) is 0 Å². The summed E-state index contributed by atoms with van der Waals surface area (Å²) in [6.07, 6.45) is 0. The van der Waals surface area contributed by atoms with E-state index in [9.17, 15) is 9.59 Å². The highest BCUT2D eigenvalue weighted by atomic mass is 35.5. The third-order valence-electron chi connectivity index (χ3n) is 3.49.